The van der Waals surface area contributed by atoms with Gasteiger partial charge in [-0.1, -0.05) is 0 Å². The van der Waals surface area contributed by atoms with Gasteiger partial charge in [0.15, 0.2) is 11.6 Å². The summed E-state index contributed by atoms with van der Waals surface area (Å²) in [6, 6.07) is 3.17. The summed E-state index contributed by atoms with van der Waals surface area (Å²) in [6.45, 7) is -2.93. The summed E-state index contributed by atoms with van der Waals surface area (Å²) >= 11 is 0. The molecule has 0 heterocycles. The Bertz CT molecular complexity index is 405. The number of ether oxygens (including phenoxy) is 1. The second-order valence-corrected chi connectivity index (χ2v) is 3.11. The maximum absolute atomic E-state index is 13.2. The van der Waals surface area contributed by atoms with Crippen molar-refractivity contribution in [3.8, 4) is 5.75 Å². The van der Waals surface area contributed by atoms with E-state index in [2.05, 4.69) is 10.1 Å². The van der Waals surface area contributed by atoms with Crippen LogP contribution in [0.3, 0.4) is 0 Å². The van der Waals surface area contributed by atoms with E-state index < -0.39 is 18.2 Å². The first-order chi connectivity index (χ1) is 8.02. The number of alkyl halides is 2. The molecule has 0 spiro atoms. The van der Waals surface area contributed by atoms with Crippen molar-refractivity contribution >= 4 is 24.0 Å². The molecule has 0 aromatic heterocycles. The lowest BCUT2D eigenvalue weighted by Gasteiger charge is -2.08. The van der Waals surface area contributed by atoms with Gasteiger partial charge in [-0.05, 0) is 12.1 Å². The van der Waals surface area contributed by atoms with E-state index in [4.69, 9.17) is 5.73 Å². The monoisotopic (exact) mass is 284 g/mol. The molecular formula is C10H12ClF3N2O2. The minimum absolute atomic E-state index is 0. The molecule has 102 valence electrons. The van der Waals surface area contributed by atoms with E-state index in [0.29, 0.717) is 0 Å². The molecule has 0 atom stereocenters. The molecule has 18 heavy (non-hydrogen) atoms. The quantitative estimate of drug-likeness (QED) is 0.871. The zero-order chi connectivity index (χ0) is 12.8. The summed E-state index contributed by atoms with van der Waals surface area (Å²) in [4.78, 5) is 11.1. The summed E-state index contributed by atoms with van der Waals surface area (Å²) in [5.41, 5.74) is 5.31. The first-order valence-corrected chi connectivity index (χ1v) is 4.77. The molecular weight excluding hydrogens is 273 g/mol. The SMILES string of the molecule is Cl.NCCC(=O)Nc1ccc(OC(F)F)c(F)c1. The molecule has 0 aliphatic heterocycles. The average molecular weight is 285 g/mol. The van der Waals surface area contributed by atoms with Crippen LogP contribution in [0.25, 0.3) is 0 Å². The second kappa shape index (κ2) is 7.78. The van der Waals surface area contributed by atoms with Gasteiger partial charge in [-0.3, -0.25) is 4.79 Å². The van der Waals surface area contributed by atoms with E-state index in [9.17, 15) is 18.0 Å². The molecule has 0 fully saturated rings. The van der Waals surface area contributed by atoms with Gasteiger partial charge in [0, 0.05) is 24.7 Å². The smallest absolute Gasteiger partial charge is 0.387 e. The van der Waals surface area contributed by atoms with Crippen LogP contribution in [0.15, 0.2) is 18.2 Å². The summed E-state index contributed by atoms with van der Waals surface area (Å²) in [7, 11) is 0. The number of hydrogen-bond acceptors (Lipinski definition) is 3. The van der Waals surface area contributed by atoms with Crippen LogP contribution in [0, 0.1) is 5.82 Å². The van der Waals surface area contributed by atoms with Crippen molar-refractivity contribution in [3.63, 3.8) is 0 Å². The lowest BCUT2D eigenvalue weighted by molar-refractivity contribution is -0.116. The summed E-state index contributed by atoms with van der Waals surface area (Å²) in [6.07, 6.45) is 0.0942. The highest BCUT2D eigenvalue weighted by Gasteiger charge is 2.11. The van der Waals surface area contributed by atoms with Gasteiger partial charge in [-0.15, -0.1) is 12.4 Å². The van der Waals surface area contributed by atoms with Crippen molar-refractivity contribution in [2.75, 3.05) is 11.9 Å². The van der Waals surface area contributed by atoms with E-state index in [1.54, 1.807) is 0 Å². The van der Waals surface area contributed by atoms with Crippen molar-refractivity contribution in [1.82, 2.24) is 0 Å². The number of nitrogens with one attached hydrogen (secondary N) is 1. The fourth-order valence-corrected chi connectivity index (χ4v) is 1.12. The standard InChI is InChI=1S/C10H11F3N2O2.ClH/c11-7-5-6(15-9(16)3-4-14)1-2-8(7)17-10(12)13;/h1-2,5,10H,3-4,14H2,(H,15,16);1H. The normalized spacial score (nSPS) is 9.83. The maximum atomic E-state index is 13.2. The Labute approximate surface area is 108 Å². The van der Waals surface area contributed by atoms with E-state index in [1.165, 1.54) is 6.07 Å². The van der Waals surface area contributed by atoms with E-state index >= 15 is 0 Å². The average Bonchev–Trinajstić information content (AvgIpc) is 2.22. The van der Waals surface area contributed by atoms with Crippen LogP contribution >= 0.6 is 12.4 Å². The van der Waals surface area contributed by atoms with Crippen LogP contribution in [-0.2, 0) is 4.79 Å². The van der Waals surface area contributed by atoms with Crippen molar-refractivity contribution in [3.05, 3.63) is 24.0 Å². The molecule has 1 aromatic rings. The van der Waals surface area contributed by atoms with E-state index in [0.717, 1.165) is 12.1 Å². The molecule has 3 N–H and O–H groups in total. The third-order valence-corrected chi connectivity index (χ3v) is 1.80. The first-order valence-electron chi connectivity index (χ1n) is 4.77. The molecule has 0 saturated heterocycles. The first kappa shape index (κ1) is 16.5. The maximum Gasteiger partial charge on any atom is 0.387 e. The Morgan fingerprint density at radius 3 is 2.61 bits per heavy atom. The van der Waals surface area contributed by atoms with Gasteiger partial charge in [-0.25, -0.2) is 4.39 Å². The summed E-state index contributed by atoms with van der Waals surface area (Å²) in [5, 5.41) is 2.36. The largest absolute Gasteiger partial charge is 0.432 e. The molecule has 1 rings (SSSR count). The van der Waals surface area contributed by atoms with Gasteiger partial charge in [0.1, 0.15) is 0 Å². The van der Waals surface area contributed by atoms with Crippen LogP contribution < -0.4 is 15.8 Å². The Morgan fingerprint density at radius 1 is 1.44 bits per heavy atom. The number of carbonyl (C=O) groups excluding carboxylic acids is 1. The highest BCUT2D eigenvalue weighted by Crippen LogP contribution is 2.22. The van der Waals surface area contributed by atoms with Crippen LogP contribution in [0.5, 0.6) is 5.75 Å². The number of halogens is 4. The summed E-state index contributed by atoms with van der Waals surface area (Å²) < 4.78 is 40.8. The van der Waals surface area contributed by atoms with Crippen LogP contribution in [0.1, 0.15) is 6.42 Å². The predicted molar refractivity (Wildman–Crippen MR) is 62.6 cm³/mol. The number of nitrogens with two attached hydrogens (primary N) is 1. The van der Waals surface area contributed by atoms with Gasteiger partial charge >= 0.3 is 6.61 Å². The molecule has 0 saturated carbocycles. The lowest BCUT2D eigenvalue weighted by atomic mass is 10.2. The molecule has 1 amide bonds. The van der Waals surface area contributed by atoms with Gasteiger partial charge in [-0.2, -0.15) is 8.78 Å². The fraction of sp³-hybridized carbons (Fsp3) is 0.300. The highest BCUT2D eigenvalue weighted by molar-refractivity contribution is 5.90. The number of anilines is 1. The zero-order valence-electron chi connectivity index (χ0n) is 9.16. The topological polar surface area (TPSA) is 64.4 Å². The zero-order valence-corrected chi connectivity index (χ0v) is 9.98. The number of carbonyl (C=O) groups is 1. The molecule has 8 heteroatoms. The molecule has 0 bridgehead atoms. The highest BCUT2D eigenvalue weighted by atomic mass is 35.5. The Balaban J connectivity index is 0.00000289. The van der Waals surface area contributed by atoms with Crippen molar-refractivity contribution in [2.45, 2.75) is 13.0 Å². The van der Waals surface area contributed by atoms with Crippen molar-refractivity contribution in [2.24, 2.45) is 5.73 Å². The Morgan fingerprint density at radius 2 is 2.11 bits per heavy atom. The molecule has 1 aromatic carbocycles. The minimum atomic E-state index is -3.10. The van der Waals surface area contributed by atoms with Crippen LogP contribution in [0.4, 0.5) is 18.9 Å². The van der Waals surface area contributed by atoms with Crippen molar-refractivity contribution in [1.29, 1.82) is 0 Å². The third kappa shape index (κ3) is 5.24. The molecule has 4 nitrogen and oxygen atoms in total. The molecule has 0 radical (unpaired) electrons. The van der Waals surface area contributed by atoms with E-state index in [-0.39, 0.29) is 37.0 Å². The van der Waals surface area contributed by atoms with Crippen LogP contribution in [-0.4, -0.2) is 19.1 Å². The van der Waals surface area contributed by atoms with E-state index in [1.807, 2.05) is 0 Å². The number of benzene rings is 1. The molecule has 0 aliphatic rings. The lowest BCUT2D eigenvalue weighted by Crippen LogP contribution is -2.16. The minimum Gasteiger partial charge on any atom is -0.432 e. The predicted octanol–water partition coefficient (Wildman–Crippen LogP) is 2.14. The third-order valence-electron chi connectivity index (χ3n) is 1.80. The van der Waals surface area contributed by atoms with Crippen LogP contribution in [0.2, 0.25) is 0 Å². The Hall–Kier alpha value is -1.47. The second-order valence-electron chi connectivity index (χ2n) is 3.11. The fourth-order valence-electron chi connectivity index (χ4n) is 1.12. The number of rotatable bonds is 5. The number of amides is 1. The van der Waals surface area contributed by atoms with Gasteiger partial charge in [0.2, 0.25) is 5.91 Å². The van der Waals surface area contributed by atoms with Gasteiger partial charge < -0.3 is 15.8 Å². The van der Waals surface area contributed by atoms with Crippen molar-refractivity contribution < 1.29 is 22.7 Å². The summed E-state index contributed by atoms with van der Waals surface area (Å²) in [5.74, 6) is -1.93. The molecule has 0 unspecified atom stereocenters. The van der Waals surface area contributed by atoms with Gasteiger partial charge in [0.05, 0.1) is 0 Å². The van der Waals surface area contributed by atoms with Gasteiger partial charge in [0.25, 0.3) is 0 Å². The molecule has 0 aliphatic carbocycles. The Kier molecular flexibility index (Phi) is 7.14. The number of hydrogen-bond donors (Lipinski definition) is 2.